The summed E-state index contributed by atoms with van der Waals surface area (Å²) < 4.78 is 24.0. The maximum atomic E-state index is 12.0. The summed E-state index contributed by atoms with van der Waals surface area (Å²) in [6.45, 7) is 6.36. The first kappa shape index (κ1) is 14.5. The molecular formula is C15H18N2O2S2. The van der Waals surface area contributed by atoms with Crippen molar-refractivity contribution in [2.45, 2.75) is 19.0 Å². The molecule has 0 aromatic heterocycles. The monoisotopic (exact) mass is 322 g/mol. The molecule has 2 fully saturated rings. The van der Waals surface area contributed by atoms with Gasteiger partial charge in [0.05, 0.1) is 23.6 Å². The van der Waals surface area contributed by atoms with Gasteiger partial charge in [0.2, 0.25) is 0 Å². The van der Waals surface area contributed by atoms with E-state index in [4.69, 9.17) is 12.2 Å². The van der Waals surface area contributed by atoms with E-state index < -0.39 is 9.84 Å². The van der Waals surface area contributed by atoms with Crippen LogP contribution >= 0.6 is 12.2 Å². The maximum Gasteiger partial charge on any atom is 0.177 e. The van der Waals surface area contributed by atoms with Gasteiger partial charge in [-0.1, -0.05) is 23.8 Å². The van der Waals surface area contributed by atoms with Crippen molar-refractivity contribution in [1.29, 1.82) is 0 Å². The van der Waals surface area contributed by atoms with Crippen LogP contribution in [-0.2, 0) is 9.84 Å². The summed E-state index contributed by atoms with van der Waals surface area (Å²) in [5.74, 6) is 0.341. The molecule has 4 nitrogen and oxygen atoms in total. The average Bonchev–Trinajstić information content (AvgIpc) is 2.84. The van der Waals surface area contributed by atoms with Crippen LogP contribution in [0.3, 0.4) is 0 Å². The van der Waals surface area contributed by atoms with Gasteiger partial charge in [-0.2, -0.15) is 0 Å². The molecule has 0 saturated carbocycles. The Morgan fingerprint density at radius 1 is 1.29 bits per heavy atom. The minimum absolute atomic E-state index is 0.0678. The Morgan fingerprint density at radius 2 is 1.90 bits per heavy atom. The van der Waals surface area contributed by atoms with Crippen molar-refractivity contribution in [3.8, 4) is 0 Å². The third-order valence-electron chi connectivity index (χ3n) is 4.12. The molecular weight excluding hydrogens is 304 g/mol. The second kappa shape index (κ2) is 5.10. The molecule has 0 bridgehead atoms. The molecule has 2 unspecified atom stereocenters. The minimum atomic E-state index is -3.01. The number of thiocarbonyl (C=S) groups is 1. The quantitative estimate of drug-likeness (QED) is 0.626. The van der Waals surface area contributed by atoms with E-state index >= 15 is 0 Å². The fourth-order valence-corrected chi connectivity index (χ4v) is 5.54. The molecule has 21 heavy (non-hydrogen) atoms. The van der Waals surface area contributed by atoms with Crippen LogP contribution < -0.4 is 4.90 Å². The third-order valence-corrected chi connectivity index (χ3v) is 6.25. The van der Waals surface area contributed by atoms with Crippen LogP contribution in [0.2, 0.25) is 0 Å². The summed E-state index contributed by atoms with van der Waals surface area (Å²) in [7, 11) is -3.01. The molecule has 1 aromatic rings. The molecule has 3 rings (SSSR count). The van der Waals surface area contributed by atoms with Crippen LogP contribution in [0.15, 0.2) is 36.9 Å². The van der Waals surface area contributed by atoms with Crippen molar-refractivity contribution >= 4 is 32.9 Å². The first-order chi connectivity index (χ1) is 9.93. The van der Waals surface area contributed by atoms with Gasteiger partial charge in [0.15, 0.2) is 14.9 Å². The first-order valence-electron chi connectivity index (χ1n) is 6.91. The molecule has 2 saturated heterocycles. The summed E-state index contributed by atoms with van der Waals surface area (Å²) >= 11 is 5.58. The number of fused-ring (bicyclic) bond motifs is 1. The van der Waals surface area contributed by atoms with Gasteiger partial charge in [0.25, 0.3) is 0 Å². The number of hydrogen-bond donors (Lipinski definition) is 0. The Balaban J connectivity index is 2.01. The SMILES string of the molecule is C=CCN1C(=S)N(c2ccc(C)cc2)C2CS(=O)(=O)CC21. The third kappa shape index (κ3) is 2.46. The predicted octanol–water partition coefficient (Wildman–Crippen LogP) is 1.75. The number of sulfone groups is 1. The Labute approximate surface area is 131 Å². The van der Waals surface area contributed by atoms with Crippen molar-refractivity contribution in [3.63, 3.8) is 0 Å². The van der Waals surface area contributed by atoms with Crippen LogP contribution in [0.25, 0.3) is 0 Å². The lowest BCUT2D eigenvalue weighted by atomic mass is 10.1. The highest BCUT2D eigenvalue weighted by Crippen LogP contribution is 2.35. The zero-order chi connectivity index (χ0) is 15.2. The van der Waals surface area contributed by atoms with Gasteiger partial charge in [-0.15, -0.1) is 6.58 Å². The summed E-state index contributed by atoms with van der Waals surface area (Å²) in [6.07, 6.45) is 1.77. The molecule has 1 aromatic carbocycles. The molecule has 0 N–H and O–H groups in total. The zero-order valence-electron chi connectivity index (χ0n) is 11.9. The second-order valence-corrected chi connectivity index (χ2v) is 8.16. The summed E-state index contributed by atoms with van der Waals surface area (Å²) in [6, 6.07) is 7.88. The van der Waals surface area contributed by atoms with E-state index in [0.29, 0.717) is 11.7 Å². The predicted molar refractivity (Wildman–Crippen MR) is 89.4 cm³/mol. The highest BCUT2D eigenvalue weighted by Gasteiger charge is 2.51. The standard InChI is InChI=1S/C15H18N2O2S2/c1-3-8-16-13-9-21(18,19)10-14(13)17(15(16)20)12-6-4-11(2)5-7-12/h3-7,13-14H,1,8-10H2,2H3. The molecule has 0 amide bonds. The maximum absolute atomic E-state index is 12.0. The highest BCUT2D eigenvalue weighted by atomic mass is 32.2. The van der Waals surface area contributed by atoms with E-state index in [9.17, 15) is 8.42 Å². The molecule has 6 heteroatoms. The van der Waals surface area contributed by atoms with Crippen molar-refractivity contribution in [1.82, 2.24) is 4.90 Å². The topological polar surface area (TPSA) is 40.6 Å². The van der Waals surface area contributed by atoms with E-state index in [1.54, 1.807) is 6.08 Å². The van der Waals surface area contributed by atoms with Gasteiger partial charge < -0.3 is 9.80 Å². The van der Waals surface area contributed by atoms with Crippen LogP contribution in [0.1, 0.15) is 5.56 Å². The Bertz CT molecular complexity index is 682. The molecule has 2 atom stereocenters. The molecule has 2 aliphatic rings. The van der Waals surface area contributed by atoms with E-state index in [1.165, 1.54) is 5.56 Å². The molecule has 0 aliphatic carbocycles. The van der Waals surface area contributed by atoms with Gasteiger partial charge in [0, 0.05) is 12.2 Å². The number of nitrogens with zero attached hydrogens (tertiary/aromatic N) is 2. The number of anilines is 1. The van der Waals surface area contributed by atoms with Crippen LogP contribution in [0, 0.1) is 6.92 Å². The number of aryl methyl sites for hydroxylation is 1. The first-order valence-corrected chi connectivity index (χ1v) is 9.14. The Hall–Kier alpha value is -1.40. The van der Waals surface area contributed by atoms with Crippen molar-refractivity contribution in [2.75, 3.05) is 23.0 Å². The summed E-state index contributed by atoms with van der Waals surface area (Å²) in [4.78, 5) is 3.98. The molecule has 2 heterocycles. The Kier molecular flexibility index (Phi) is 3.53. The van der Waals surface area contributed by atoms with Gasteiger partial charge in [-0.25, -0.2) is 8.42 Å². The normalized spacial score (nSPS) is 27.0. The molecule has 0 radical (unpaired) electrons. The molecule has 112 valence electrons. The van der Waals surface area contributed by atoms with Crippen LogP contribution in [0.5, 0.6) is 0 Å². The van der Waals surface area contributed by atoms with Gasteiger partial charge in [0.1, 0.15) is 0 Å². The van der Waals surface area contributed by atoms with Gasteiger partial charge >= 0.3 is 0 Å². The number of hydrogen-bond acceptors (Lipinski definition) is 3. The largest absolute Gasteiger partial charge is 0.339 e. The minimum Gasteiger partial charge on any atom is -0.339 e. The average molecular weight is 322 g/mol. The lowest BCUT2D eigenvalue weighted by Gasteiger charge is -2.25. The van der Waals surface area contributed by atoms with Crippen LogP contribution in [0.4, 0.5) is 5.69 Å². The lowest BCUT2D eigenvalue weighted by Crippen LogP contribution is -2.37. The van der Waals surface area contributed by atoms with Crippen molar-refractivity contribution < 1.29 is 8.42 Å². The Morgan fingerprint density at radius 3 is 2.52 bits per heavy atom. The van der Waals surface area contributed by atoms with Crippen molar-refractivity contribution in [2.24, 2.45) is 0 Å². The summed E-state index contributed by atoms with van der Waals surface area (Å²) in [5, 5.41) is 0.698. The fraction of sp³-hybridized carbons (Fsp3) is 0.400. The van der Waals surface area contributed by atoms with Crippen molar-refractivity contribution in [3.05, 3.63) is 42.5 Å². The van der Waals surface area contributed by atoms with E-state index in [2.05, 4.69) is 6.58 Å². The smallest absolute Gasteiger partial charge is 0.177 e. The second-order valence-electron chi connectivity index (χ2n) is 5.64. The van der Waals surface area contributed by atoms with E-state index in [-0.39, 0.29) is 23.6 Å². The number of rotatable bonds is 3. The highest BCUT2D eigenvalue weighted by molar-refractivity contribution is 7.91. The lowest BCUT2D eigenvalue weighted by molar-refractivity contribution is 0.389. The summed E-state index contributed by atoms with van der Waals surface area (Å²) in [5.41, 5.74) is 2.13. The molecule has 2 aliphatic heterocycles. The van der Waals surface area contributed by atoms with E-state index in [1.807, 2.05) is 41.0 Å². The number of benzene rings is 1. The van der Waals surface area contributed by atoms with E-state index in [0.717, 1.165) is 5.69 Å². The van der Waals surface area contributed by atoms with Gasteiger partial charge in [-0.3, -0.25) is 0 Å². The zero-order valence-corrected chi connectivity index (χ0v) is 13.5. The van der Waals surface area contributed by atoms with Crippen LogP contribution in [-0.4, -0.2) is 48.6 Å². The molecule has 0 spiro atoms. The fourth-order valence-electron chi connectivity index (χ4n) is 3.14. The van der Waals surface area contributed by atoms with Gasteiger partial charge in [-0.05, 0) is 31.3 Å².